The van der Waals surface area contributed by atoms with Gasteiger partial charge in [0.2, 0.25) is 0 Å². The molecule has 0 unspecified atom stereocenters. The predicted molar refractivity (Wildman–Crippen MR) is 81.7 cm³/mol. The zero-order valence-corrected chi connectivity index (χ0v) is 12.1. The molecule has 1 saturated carbocycles. The van der Waals surface area contributed by atoms with Crippen LogP contribution in [0.1, 0.15) is 43.2 Å². The molecule has 0 atom stereocenters. The van der Waals surface area contributed by atoms with Crippen molar-refractivity contribution in [1.82, 2.24) is 5.32 Å². The van der Waals surface area contributed by atoms with E-state index in [-0.39, 0.29) is 0 Å². The summed E-state index contributed by atoms with van der Waals surface area (Å²) >= 11 is 0. The van der Waals surface area contributed by atoms with Gasteiger partial charge in [0.25, 0.3) is 0 Å². The fourth-order valence-corrected chi connectivity index (χ4v) is 3.57. The van der Waals surface area contributed by atoms with Gasteiger partial charge in [0.1, 0.15) is 0 Å². The van der Waals surface area contributed by atoms with Gasteiger partial charge in [0.05, 0.1) is 0 Å². The molecule has 1 aliphatic heterocycles. The average Bonchev–Trinajstić information content (AvgIpc) is 3.05. The molecule has 0 aromatic heterocycles. The van der Waals surface area contributed by atoms with Crippen molar-refractivity contribution < 1.29 is 0 Å². The Bertz CT molecular complexity index is 421. The summed E-state index contributed by atoms with van der Waals surface area (Å²) in [5.74, 6) is 1.00. The lowest BCUT2D eigenvalue weighted by Gasteiger charge is -2.13. The highest BCUT2D eigenvalue weighted by atomic mass is 15.1. The maximum absolute atomic E-state index is 3.62. The number of hydrogen-bond donors (Lipinski definition) is 1. The molecule has 0 saturated heterocycles. The first-order valence-corrected chi connectivity index (χ1v) is 7.86. The van der Waals surface area contributed by atoms with Crippen molar-refractivity contribution in [2.24, 2.45) is 5.92 Å². The number of nitrogens with zero attached hydrogens (tertiary/aromatic N) is 1. The minimum absolute atomic E-state index is 1.00. The second-order valence-corrected chi connectivity index (χ2v) is 6.25. The van der Waals surface area contributed by atoms with Crippen molar-refractivity contribution in [3.8, 4) is 0 Å². The molecule has 2 heteroatoms. The molecule has 1 aromatic carbocycles. The lowest BCUT2D eigenvalue weighted by molar-refractivity contribution is 0.477. The minimum Gasteiger partial charge on any atom is -0.374 e. The summed E-state index contributed by atoms with van der Waals surface area (Å²) in [6.45, 7) is 3.39. The summed E-state index contributed by atoms with van der Waals surface area (Å²) in [4.78, 5) is 2.35. The van der Waals surface area contributed by atoms with Gasteiger partial charge in [-0.2, -0.15) is 0 Å². The van der Waals surface area contributed by atoms with E-state index in [0.29, 0.717) is 0 Å². The number of fused-ring (bicyclic) bond motifs is 1. The Kier molecular flexibility index (Phi) is 4.07. The van der Waals surface area contributed by atoms with Gasteiger partial charge >= 0.3 is 0 Å². The standard InChI is InChI=1S/C17H26N2/c1-19-11-9-16-12-15(6-7-17(16)19)13-18-10-8-14-4-2-3-5-14/h6-7,12,14,18H,2-5,8-11,13H2,1H3. The second kappa shape index (κ2) is 5.96. The second-order valence-electron chi connectivity index (χ2n) is 6.25. The summed E-state index contributed by atoms with van der Waals surface area (Å²) in [5.41, 5.74) is 4.40. The van der Waals surface area contributed by atoms with Crippen LogP contribution in [0.25, 0.3) is 0 Å². The van der Waals surface area contributed by atoms with Gasteiger partial charge in [-0.15, -0.1) is 0 Å². The molecule has 0 radical (unpaired) electrons. The maximum Gasteiger partial charge on any atom is 0.0397 e. The molecule has 3 rings (SSSR count). The molecular weight excluding hydrogens is 232 g/mol. The third-order valence-electron chi connectivity index (χ3n) is 4.80. The van der Waals surface area contributed by atoms with Gasteiger partial charge in [0, 0.05) is 25.8 Å². The summed E-state index contributed by atoms with van der Waals surface area (Å²) in [6, 6.07) is 6.96. The van der Waals surface area contributed by atoms with Crippen molar-refractivity contribution in [1.29, 1.82) is 0 Å². The topological polar surface area (TPSA) is 15.3 Å². The summed E-state index contributed by atoms with van der Waals surface area (Å²) in [7, 11) is 2.19. The van der Waals surface area contributed by atoms with Crippen LogP contribution < -0.4 is 10.2 Å². The Morgan fingerprint density at radius 3 is 2.95 bits per heavy atom. The lowest BCUT2D eigenvalue weighted by Crippen LogP contribution is -2.17. The highest BCUT2D eigenvalue weighted by molar-refractivity contribution is 5.58. The molecule has 0 amide bonds. The molecule has 2 nitrogen and oxygen atoms in total. The number of rotatable bonds is 5. The van der Waals surface area contributed by atoms with Crippen molar-refractivity contribution in [2.75, 3.05) is 25.0 Å². The molecular formula is C17H26N2. The fraction of sp³-hybridized carbons (Fsp3) is 0.647. The van der Waals surface area contributed by atoms with Crippen LogP contribution in [0.3, 0.4) is 0 Å². The minimum atomic E-state index is 1.00. The smallest absolute Gasteiger partial charge is 0.0397 e. The summed E-state index contributed by atoms with van der Waals surface area (Å²) in [6.07, 6.45) is 8.43. The maximum atomic E-state index is 3.62. The molecule has 2 aliphatic rings. The molecule has 19 heavy (non-hydrogen) atoms. The third-order valence-corrected chi connectivity index (χ3v) is 4.80. The fourth-order valence-electron chi connectivity index (χ4n) is 3.57. The zero-order chi connectivity index (χ0) is 13.1. The zero-order valence-electron chi connectivity index (χ0n) is 12.1. The van der Waals surface area contributed by atoms with Crippen LogP contribution in [0.4, 0.5) is 5.69 Å². The van der Waals surface area contributed by atoms with Crippen LogP contribution in [0, 0.1) is 5.92 Å². The summed E-state index contributed by atoms with van der Waals surface area (Å²) < 4.78 is 0. The van der Waals surface area contributed by atoms with E-state index in [1.165, 1.54) is 68.4 Å². The van der Waals surface area contributed by atoms with E-state index in [9.17, 15) is 0 Å². The van der Waals surface area contributed by atoms with E-state index in [0.717, 1.165) is 12.5 Å². The Labute approximate surface area is 117 Å². The molecule has 1 fully saturated rings. The van der Waals surface area contributed by atoms with Crippen molar-refractivity contribution >= 4 is 5.69 Å². The molecule has 1 aromatic rings. The van der Waals surface area contributed by atoms with Gasteiger partial charge in [-0.3, -0.25) is 0 Å². The number of anilines is 1. The molecule has 1 aliphatic carbocycles. The SMILES string of the molecule is CN1CCc2cc(CNCCC3CCCC3)ccc21. The first kappa shape index (κ1) is 13.0. The highest BCUT2D eigenvalue weighted by Gasteiger charge is 2.16. The van der Waals surface area contributed by atoms with Gasteiger partial charge in [-0.25, -0.2) is 0 Å². The lowest BCUT2D eigenvalue weighted by atomic mass is 10.0. The van der Waals surface area contributed by atoms with Gasteiger partial charge in [0.15, 0.2) is 0 Å². The third kappa shape index (κ3) is 3.11. The van der Waals surface area contributed by atoms with Crippen molar-refractivity contribution in [2.45, 2.75) is 45.1 Å². The highest BCUT2D eigenvalue weighted by Crippen LogP contribution is 2.28. The molecule has 1 N–H and O–H groups in total. The Balaban J connectivity index is 1.45. The van der Waals surface area contributed by atoms with Gasteiger partial charge in [-0.05, 0) is 42.5 Å². The van der Waals surface area contributed by atoms with Crippen molar-refractivity contribution in [3.05, 3.63) is 29.3 Å². The van der Waals surface area contributed by atoms with Crippen LogP contribution in [0.15, 0.2) is 18.2 Å². The van der Waals surface area contributed by atoms with E-state index in [2.05, 4.69) is 35.5 Å². The molecule has 0 spiro atoms. The van der Waals surface area contributed by atoms with Gasteiger partial charge < -0.3 is 10.2 Å². The molecule has 1 heterocycles. The predicted octanol–water partition coefficient (Wildman–Crippen LogP) is 3.35. The largest absolute Gasteiger partial charge is 0.374 e. The van der Waals surface area contributed by atoms with Crippen LogP contribution in [0.2, 0.25) is 0 Å². The van der Waals surface area contributed by atoms with Crippen LogP contribution in [-0.2, 0) is 13.0 Å². The van der Waals surface area contributed by atoms with E-state index in [1.807, 2.05) is 0 Å². The normalized spacial score (nSPS) is 19.1. The first-order valence-electron chi connectivity index (χ1n) is 7.86. The quantitative estimate of drug-likeness (QED) is 0.815. The number of nitrogens with one attached hydrogen (secondary N) is 1. The van der Waals surface area contributed by atoms with E-state index < -0.39 is 0 Å². The monoisotopic (exact) mass is 258 g/mol. The number of benzene rings is 1. The number of hydrogen-bond acceptors (Lipinski definition) is 2. The summed E-state index contributed by atoms with van der Waals surface area (Å²) in [5, 5.41) is 3.62. The van der Waals surface area contributed by atoms with E-state index >= 15 is 0 Å². The Hall–Kier alpha value is -1.02. The van der Waals surface area contributed by atoms with Gasteiger partial charge in [-0.1, -0.05) is 37.8 Å². The van der Waals surface area contributed by atoms with Crippen LogP contribution in [0.5, 0.6) is 0 Å². The molecule has 104 valence electrons. The van der Waals surface area contributed by atoms with Crippen LogP contribution >= 0.6 is 0 Å². The first-order chi connectivity index (χ1) is 9.33. The van der Waals surface area contributed by atoms with E-state index in [1.54, 1.807) is 0 Å². The van der Waals surface area contributed by atoms with Crippen molar-refractivity contribution in [3.63, 3.8) is 0 Å². The van der Waals surface area contributed by atoms with Crippen LogP contribution in [-0.4, -0.2) is 20.1 Å². The Morgan fingerprint density at radius 2 is 2.11 bits per heavy atom. The number of likely N-dealkylation sites (N-methyl/N-ethyl adjacent to an activating group) is 1. The van der Waals surface area contributed by atoms with E-state index in [4.69, 9.17) is 0 Å². The Morgan fingerprint density at radius 1 is 1.26 bits per heavy atom. The molecule has 0 bridgehead atoms. The average molecular weight is 258 g/mol.